The Labute approximate surface area is 124 Å². The maximum Gasteiger partial charge on any atom is 0.238 e. The molecule has 0 aliphatic carbocycles. The van der Waals surface area contributed by atoms with Crippen LogP contribution in [0.2, 0.25) is 5.02 Å². The van der Waals surface area contributed by atoms with Crippen molar-refractivity contribution in [3.05, 3.63) is 58.8 Å². The highest BCUT2D eigenvalue weighted by Gasteiger charge is 2.08. The lowest BCUT2D eigenvalue weighted by Gasteiger charge is -2.10. The number of pyridine rings is 1. The summed E-state index contributed by atoms with van der Waals surface area (Å²) in [6.45, 7) is 2.69. The van der Waals surface area contributed by atoms with Crippen LogP contribution < -0.4 is 10.1 Å². The van der Waals surface area contributed by atoms with Gasteiger partial charge in [-0.2, -0.15) is 0 Å². The summed E-state index contributed by atoms with van der Waals surface area (Å²) in [7, 11) is 1.88. The maximum atomic E-state index is 6.21. The van der Waals surface area contributed by atoms with Gasteiger partial charge in [0.25, 0.3) is 0 Å². The third-order valence-electron chi connectivity index (χ3n) is 2.72. The van der Waals surface area contributed by atoms with Gasteiger partial charge in [0, 0.05) is 18.3 Å². The minimum Gasteiger partial charge on any atom is -0.437 e. The van der Waals surface area contributed by atoms with Crippen molar-refractivity contribution < 1.29 is 4.74 Å². The molecule has 0 aliphatic rings. The SMILES string of the molecule is CC=Cc1ccccc1Oc1ncc(CNC)cc1Cl. The van der Waals surface area contributed by atoms with E-state index in [0.29, 0.717) is 10.9 Å². The molecule has 0 amide bonds. The van der Waals surface area contributed by atoms with E-state index < -0.39 is 0 Å². The molecule has 104 valence electrons. The molecule has 0 spiro atoms. The largest absolute Gasteiger partial charge is 0.437 e. The summed E-state index contributed by atoms with van der Waals surface area (Å²) in [5.41, 5.74) is 2.01. The van der Waals surface area contributed by atoms with Gasteiger partial charge >= 0.3 is 0 Å². The van der Waals surface area contributed by atoms with E-state index in [1.807, 2.05) is 56.5 Å². The van der Waals surface area contributed by atoms with Crippen LogP contribution in [-0.4, -0.2) is 12.0 Å². The molecule has 0 saturated heterocycles. The highest BCUT2D eigenvalue weighted by atomic mass is 35.5. The number of nitrogens with zero attached hydrogens (tertiary/aromatic N) is 1. The lowest BCUT2D eigenvalue weighted by Crippen LogP contribution is -2.05. The monoisotopic (exact) mass is 288 g/mol. The number of rotatable bonds is 5. The zero-order chi connectivity index (χ0) is 14.4. The van der Waals surface area contributed by atoms with E-state index in [2.05, 4.69) is 10.3 Å². The number of benzene rings is 1. The lowest BCUT2D eigenvalue weighted by atomic mass is 10.2. The summed E-state index contributed by atoms with van der Waals surface area (Å²) in [5.74, 6) is 1.16. The molecule has 0 unspecified atom stereocenters. The van der Waals surface area contributed by atoms with Crippen molar-refractivity contribution in [2.45, 2.75) is 13.5 Å². The van der Waals surface area contributed by atoms with Crippen LogP contribution in [-0.2, 0) is 6.54 Å². The fraction of sp³-hybridized carbons (Fsp3) is 0.188. The standard InChI is InChI=1S/C16H17ClN2O/c1-3-6-13-7-4-5-8-15(13)20-16-14(17)9-12(10-18-2)11-19-16/h3-9,11,18H,10H2,1-2H3. The van der Waals surface area contributed by atoms with E-state index in [-0.39, 0.29) is 0 Å². The Morgan fingerprint density at radius 2 is 2.15 bits per heavy atom. The second-order valence-electron chi connectivity index (χ2n) is 4.30. The summed E-state index contributed by atoms with van der Waals surface area (Å²) >= 11 is 6.21. The van der Waals surface area contributed by atoms with Gasteiger partial charge in [-0.1, -0.05) is 42.0 Å². The van der Waals surface area contributed by atoms with E-state index in [4.69, 9.17) is 16.3 Å². The highest BCUT2D eigenvalue weighted by molar-refractivity contribution is 6.31. The van der Waals surface area contributed by atoms with Crippen molar-refractivity contribution in [3.8, 4) is 11.6 Å². The Balaban J connectivity index is 2.26. The van der Waals surface area contributed by atoms with Gasteiger partial charge in [0.05, 0.1) is 0 Å². The van der Waals surface area contributed by atoms with Gasteiger partial charge in [-0.3, -0.25) is 0 Å². The molecule has 0 aliphatic heterocycles. The fourth-order valence-electron chi connectivity index (χ4n) is 1.84. The first-order valence-electron chi connectivity index (χ1n) is 6.43. The predicted octanol–water partition coefficient (Wildman–Crippen LogP) is 4.28. The second kappa shape index (κ2) is 7.08. The Kier molecular flexibility index (Phi) is 5.16. The first-order chi connectivity index (χ1) is 9.74. The molecular formula is C16H17ClN2O. The third kappa shape index (κ3) is 3.59. The number of hydrogen-bond donors (Lipinski definition) is 1. The molecule has 0 saturated carbocycles. The molecule has 0 fully saturated rings. The van der Waals surface area contributed by atoms with Gasteiger partial charge in [-0.25, -0.2) is 4.98 Å². The van der Waals surface area contributed by atoms with Crippen LogP contribution in [0.3, 0.4) is 0 Å². The number of ether oxygens (including phenoxy) is 1. The zero-order valence-electron chi connectivity index (χ0n) is 11.6. The fourth-order valence-corrected chi connectivity index (χ4v) is 2.06. The van der Waals surface area contributed by atoms with Gasteiger partial charge in [-0.05, 0) is 31.7 Å². The summed E-state index contributed by atoms with van der Waals surface area (Å²) < 4.78 is 5.81. The van der Waals surface area contributed by atoms with Crippen LogP contribution in [0.1, 0.15) is 18.1 Å². The topological polar surface area (TPSA) is 34.1 Å². The highest BCUT2D eigenvalue weighted by Crippen LogP contribution is 2.30. The van der Waals surface area contributed by atoms with E-state index in [1.165, 1.54) is 0 Å². The molecule has 3 nitrogen and oxygen atoms in total. The molecule has 1 N–H and O–H groups in total. The molecule has 0 bridgehead atoms. The summed E-state index contributed by atoms with van der Waals surface area (Å²) in [4.78, 5) is 4.28. The van der Waals surface area contributed by atoms with Crippen LogP contribution in [0, 0.1) is 0 Å². The van der Waals surface area contributed by atoms with Crippen molar-refractivity contribution >= 4 is 17.7 Å². The Bertz CT molecular complexity index is 611. The molecule has 0 atom stereocenters. The van der Waals surface area contributed by atoms with E-state index in [1.54, 1.807) is 6.20 Å². The molecule has 2 aromatic rings. The molecule has 1 aromatic heterocycles. The lowest BCUT2D eigenvalue weighted by molar-refractivity contribution is 0.461. The average Bonchev–Trinajstić information content (AvgIpc) is 2.44. The number of para-hydroxylation sites is 1. The minimum absolute atomic E-state index is 0.420. The van der Waals surface area contributed by atoms with Crippen LogP contribution >= 0.6 is 11.6 Å². The number of allylic oxidation sites excluding steroid dienone is 1. The molecule has 1 heterocycles. The van der Waals surface area contributed by atoms with E-state index in [9.17, 15) is 0 Å². The van der Waals surface area contributed by atoms with Crippen LogP contribution in [0.5, 0.6) is 11.6 Å². The normalized spacial score (nSPS) is 10.9. The zero-order valence-corrected chi connectivity index (χ0v) is 12.3. The number of aromatic nitrogens is 1. The van der Waals surface area contributed by atoms with Crippen molar-refractivity contribution in [3.63, 3.8) is 0 Å². The van der Waals surface area contributed by atoms with E-state index >= 15 is 0 Å². The second-order valence-corrected chi connectivity index (χ2v) is 4.71. The minimum atomic E-state index is 0.420. The molecule has 2 rings (SSSR count). The maximum absolute atomic E-state index is 6.21. The molecule has 1 aromatic carbocycles. The summed E-state index contributed by atoms with van der Waals surface area (Å²) in [6, 6.07) is 9.63. The number of halogens is 1. The Morgan fingerprint density at radius 3 is 2.85 bits per heavy atom. The summed E-state index contributed by atoms with van der Waals surface area (Å²) in [6.07, 6.45) is 5.71. The van der Waals surface area contributed by atoms with Crippen LogP contribution in [0.4, 0.5) is 0 Å². The van der Waals surface area contributed by atoms with Crippen molar-refractivity contribution in [1.29, 1.82) is 0 Å². The number of nitrogens with one attached hydrogen (secondary N) is 1. The van der Waals surface area contributed by atoms with Crippen molar-refractivity contribution in [2.75, 3.05) is 7.05 Å². The van der Waals surface area contributed by atoms with Crippen molar-refractivity contribution in [1.82, 2.24) is 10.3 Å². The van der Waals surface area contributed by atoms with Gasteiger partial charge < -0.3 is 10.1 Å². The molecule has 0 radical (unpaired) electrons. The van der Waals surface area contributed by atoms with Gasteiger partial charge in [0.1, 0.15) is 10.8 Å². The first-order valence-corrected chi connectivity index (χ1v) is 6.81. The Hall–Kier alpha value is -1.84. The van der Waals surface area contributed by atoms with E-state index in [0.717, 1.165) is 23.4 Å². The van der Waals surface area contributed by atoms with Crippen molar-refractivity contribution in [2.24, 2.45) is 0 Å². The summed E-state index contributed by atoms with van der Waals surface area (Å²) in [5, 5.41) is 3.57. The smallest absolute Gasteiger partial charge is 0.238 e. The van der Waals surface area contributed by atoms with Crippen LogP contribution in [0.25, 0.3) is 6.08 Å². The first kappa shape index (κ1) is 14.6. The Morgan fingerprint density at radius 1 is 1.35 bits per heavy atom. The van der Waals surface area contributed by atoms with Gasteiger partial charge in [-0.15, -0.1) is 0 Å². The van der Waals surface area contributed by atoms with Crippen LogP contribution in [0.15, 0.2) is 42.6 Å². The number of hydrogen-bond acceptors (Lipinski definition) is 3. The third-order valence-corrected chi connectivity index (χ3v) is 2.99. The quantitative estimate of drug-likeness (QED) is 0.892. The average molecular weight is 289 g/mol. The van der Waals surface area contributed by atoms with Gasteiger partial charge in [0.2, 0.25) is 5.88 Å². The molecule has 20 heavy (non-hydrogen) atoms. The predicted molar refractivity (Wildman–Crippen MR) is 83.2 cm³/mol. The van der Waals surface area contributed by atoms with Gasteiger partial charge in [0.15, 0.2) is 0 Å². The molecule has 4 heteroatoms. The molecular weight excluding hydrogens is 272 g/mol.